The Morgan fingerprint density at radius 3 is 2.54 bits per heavy atom. The third-order valence-corrected chi connectivity index (χ3v) is 4.73. The van der Waals surface area contributed by atoms with Crippen molar-refractivity contribution in [1.29, 1.82) is 5.26 Å². The number of esters is 1. The number of anilines is 1. The number of carbonyl (C=O) groups is 2. The van der Waals surface area contributed by atoms with Gasteiger partial charge in [-0.25, -0.2) is 17.2 Å². The summed E-state index contributed by atoms with van der Waals surface area (Å²) in [5, 5.41) is 11.0. The van der Waals surface area contributed by atoms with Crippen molar-refractivity contribution in [2.75, 3.05) is 18.5 Å². The van der Waals surface area contributed by atoms with E-state index in [0.717, 1.165) is 12.1 Å². The fraction of sp³-hybridized carbons (Fsp3) is 0.118. The SMILES string of the molecule is N#Cc1ccccc1S(=O)(=O)NCC(=O)OCC(=O)Nc1ccc(F)cc1F. The number of benzene rings is 2. The smallest absolute Gasteiger partial charge is 0.321 e. The molecule has 0 aliphatic rings. The fourth-order valence-corrected chi connectivity index (χ4v) is 3.12. The molecule has 2 aromatic carbocycles. The summed E-state index contributed by atoms with van der Waals surface area (Å²) >= 11 is 0. The van der Waals surface area contributed by atoms with Crippen molar-refractivity contribution in [3.63, 3.8) is 0 Å². The second-order valence-corrected chi connectivity index (χ2v) is 7.00. The Morgan fingerprint density at radius 2 is 1.86 bits per heavy atom. The van der Waals surface area contributed by atoms with E-state index in [1.165, 1.54) is 24.3 Å². The van der Waals surface area contributed by atoms with Gasteiger partial charge in [0.1, 0.15) is 24.2 Å². The molecular formula is C17H13F2N3O5S. The van der Waals surface area contributed by atoms with E-state index in [2.05, 4.69) is 10.1 Å². The third kappa shape index (κ3) is 5.57. The van der Waals surface area contributed by atoms with Crippen LogP contribution in [-0.4, -0.2) is 33.4 Å². The molecule has 0 unspecified atom stereocenters. The summed E-state index contributed by atoms with van der Waals surface area (Å²) < 4.78 is 57.0. The molecule has 0 fully saturated rings. The molecule has 0 saturated heterocycles. The topological polar surface area (TPSA) is 125 Å². The van der Waals surface area contributed by atoms with Crippen LogP contribution in [0.25, 0.3) is 0 Å². The molecule has 0 aliphatic heterocycles. The number of halogens is 2. The van der Waals surface area contributed by atoms with Crippen LogP contribution < -0.4 is 10.0 Å². The number of hydrogen-bond donors (Lipinski definition) is 2. The molecule has 0 heterocycles. The van der Waals surface area contributed by atoms with E-state index in [4.69, 9.17) is 5.26 Å². The minimum Gasteiger partial charge on any atom is -0.455 e. The summed E-state index contributed by atoms with van der Waals surface area (Å²) in [5.74, 6) is -3.82. The van der Waals surface area contributed by atoms with Crippen molar-refractivity contribution in [1.82, 2.24) is 4.72 Å². The molecule has 2 N–H and O–H groups in total. The number of sulfonamides is 1. The van der Waals surface area contributed by atoms with Crippen molar-refractivity contribution < 1.29 is 31.5 Å². The molecule has 0 radical (unpaired) electrons. The van der Waals surface area contributed by atoms with Crippen molar-refractivity contribution in [2.24, 2.45) is 0 Å². The number of ether oxygens (including phenoxy) is 1. The van der Waals surface area contributed by atoms with Gasteiger partial charge in [0.25, 0.3) is 5.91 Å². The predicted octanol–water partition coefficient (Wildman–Crippen LogP) is 1.30. The molecule has 28 heavy (non-hydrogen) atoms. The van der Waals surface area contributed by atoms with Crippen LogP contribution >= 0.6 is 0 Å². The van der Waals surface area contributed by atoms with E-state index in [9.17, 15) is 26.8 Å². The van der Waals surface area contributed by atoms with Gasteiger partial charge in [-0.2, -0.15) is 9.98 Å². The third-order valence-electron chi connectivity index (χ3n) is 3.27. The molecule has 146 valence electrons. The largest absolute Gasteiger partial charge is 0.455 e. The molecule has 0 atom stereocenters. The Kier molecular flexibility index (Phi) is 6.75. The maximum atomic E-state index is 13.4. The van der Waals surface area contributed by atoms with Gasteiger partial charge in [-0.05, 0) is 24.3 Å². The van der Waals surface area contributed by atoms with Crippen molar-refractivity contribution in [2.45, 2.75) is 4.90 Å². The van der Waals surface area contributed by atoms with Crippen LogP contribution in [0.1, 0.15) is 5.56 Å². The van der Waals surface area contributed by atoms with Crippen molar-refractivity contribution in [3.8, 4) is 6.07 Å². The van der Waals surface area contributed by atoms with Gasteiger partial charge in [-0.1, -0.05) is 12.1 Å². The minimum absolute atomic E-state index is 0.107. The number of nitrogens with one attached hydrogen (secondary N) is 2. The molecule has 2 rings (SSSR count). The lowest BCUT2D eigenvalue weighted by atomic mass is 10.2. The average molecular weight is 409 g/mol. The quantitative estimate of drug-likeness (QED) is 0.664. The van der Waals surface area contributed by atoms with E-state index in [0.29, 0.717) is 6.07 Å². The monoisotopic (exact) mass is 409 g/mol. The molecule has 0 aromatic heterocycles. The van der Waals surface area contributed by atoms with Crippen LogP contribution in [0.15, 0.2) is 47.4 Å². The average Bonchev–Trinajstić information content (AvgIpc) is 2.67. The minimum atomic E-state index is -4.15. The summed E-state index contributed by atoms with van der Waals surface area (Å²) in [6, 6.07) is 9.58. The molecule has 8 nitrogen and oxygen atoms in total. The van der Waals surface area contributed by atoms with E-state index >= 15 is 0 Å². The first-order valence-corrected chi connectivity index (χ1v) is 9.10. The van der Waals surface area contributed by atoms with Gasteiger partial charge >= 0.3 is 5.97 Å². The van der Waals surface area contributed by atoms with E-state index in [1.807, 2.05) is 4.72 Å². The molecular weight excluding hydrogens is 396 g/mol. The lowest BCUT2D eigenvalue weighted by molar-refractivity contribution is -0.146. The summed E-state index contributed by atoms with van der Waals surface area (Å²) in [6.45, 7) is -1.60. The zero-order chi connectivity index (χ0) is 20.7. The highest BCUT2D eigenvalue weighted by molar-refractivity contribution is 7.89. The van der Waals surface area contributed by atoms with Crippen molar-refractivity contribution in [3.05, 3.63) is 59.7 Å². The van der Waals surface area contributed by atoms with Gasteiger partial charge in [-0.15, -0.1) is 0 Å². The number of hydrogen-bond acceptors (Lipinski definition) is 6. The Bertz CT molecular complexity index is 1050. The zero-order valence-electron chi connectivity index (χ0n) is 14.1. The van der Waals surface area contributed by atoms with E-state index in [1.54, 1.807) is 6.07 Å². The van der Waals surface area contributed by atoms with Gasteiger partial charge in [0, 0.05) is 6.07 Å². The summed E-state index contributed by atoms with van der Waals surface area (Å²) in [4.78, 5) is 23.0. The van der Waals surface area contributed by atoms with Gasteiger partial charge < -0.3 is 10.1 Å². The molecule has 2 aromatic rings. The van der Waals surface area contributed by atoms with Gasteiger partial charge in [0.05, 0.1) is 16.1 Å². The molecule has 0 aliphatic carbocycles. The zero-order valence-corrected chi connectivity index (χ0v) is 14.9. The summed E-state index contributed by atoms with van der Waals surface area (Å²) in [7, 11) is -4.15. The second kappa shape index (κ2) is 9.03. The summed E-state index contributed by atoms with van der Waals surface area (Å²) in [6.07, 6.45) is 0. The molecule has 0 saturated carbocycles. The molecule has 1 amide bonds. The standard InChI is InChI=1S/C17H13F2N3O5S/c18-12-5-6-14(13(19)7-12)22-16(23)10-27-17(24)9-21-28(25,26)15-4-2-1-3-11(15)8-20/h1-7,21H,9-10H2,(H,22,23). The Labute approximate surface area is 158 Å². The van der Waals surface area contributed by atoms with Crippen LogP contribution in [0.4, 0.5) is 14.5 Å². The van der Waals surface area contributed by atoms with Crippen LogP contribution in [-0.2, 0) is 24.3 Å². The first-order valence-electron chi connectivity index (χ1n) is 7.62. The predicted molar refractivity (Wildman–Crippen MR) is 92.3 cm³/mol. The van der Waals surface area contributed by atoms with E-state index in [-0.39, 0.29) is 16.1 Å². The Balaban J connectivity index is 1.87. The van der Waals surface area contributed by atoms with Crippen LogP contribution in [0.5, 0.6) is 0 Å². The molecule has 11 heteroatoms. The van der Waals surface area contributed by atoms with Crippen LogP contribution in [0.2, 0.25) is 0 Å². The lowest BCUT2D eigenvalue weighted by Crippen LogP contribution is -2.32. The first-order chi connectivity index (χ1) is 13.2. The van der Waals surface area contributed by atoms with Crippen LogP contribution in [0.3, 0.4) is 0 Å². The number of nitriles is 1. The molecule has 0 bridgehead atoms. The van der Waals surface area contributed by atoms with Crippen LogP contribution in [0, 0.1) is 23.0 Å². The van der Waals surface area contributed by atoms with Gasteiger partial charge in [0.2, 0.25) is 10.0 Å². The summed E-state index contributed by atoms with van der Waals surface area (Å²) in [5.41, 5.74) is -0.416. The lowest BCUT2D eigenvalue weighted by Gasteiger charge is -2.09. The Morgan fingerprint density at radius 1 is 1.14 bits per heavy atom. The fourth-order valence-electron chi connectivity index (χ4n) is 2.00. The van der Waals surface area contributed by atoms with Gasteiger partial charge in [0.15, 0.2) is 6.61 Å². The number of rotatable bonds is 7. The normalized spacial score (nSPS) is 10.8. The highest BCUT2D eigenvalue weighted by Crippen LogP contribution is 2.15. The number of amides is 1. The maximum Gasteiger partial charge on any atom is 0.321 e. The van der Waals surface area contributed by atoms with Crippen molar-refractivity contribution >= 4 is 27.6 Å². The highest BCUT2D eigenvalue weighted by atomic mass is 32.2. The second-order valence-electron chi connectivity index (χ2n) is 5.27. The first kappa shape index (κ1) is 20.9. The van der Waals surface area contributed by atoms with E-state index < -0.39 is 46.7 Å². The number of carbonyl (C=O) groups excluding carboxylic acids is 2. The maximum absolute atomic E-state index is 13.4. The van der Waals surface area contributed by atoms with Gasteiger partial charge in [-0.3, -0.25) is 9.59 Å². The number of nitrogens with zero attached hydrogens (tertiary/aromatic N) is 1. The molecule has 0 spiro atoms. The highest BCUT2D eigenvalue weighted by Gasteiger charge is 2.20. The Hall–Kier alpha value is -3.36.